The normalized spacial score (nSPS) is 7.00. The summed E-state index contributed by atoms with van der Waals surface area (Å²) in [5.74, 6) is 0. The van der Waals surface area contributed by atoms with Gasteiger partial charge >= 0.3 is 0 Å². The fraction of sp³-hybridized carbons (Fsp3) is 1.00. The van der Waals surface area contributed by atoms with Crippen molar-refractivity contribution >= 4 is 0 Å². The highest BCUT2D eigenvalue weighted by molar-refractivity contribution is 4.23. The van der Waals surface area contributed by atoms with Crippen molar-refractivity contribution in [3.63, 3.8) is 0 Å². The Morgan fingerprint density at radius 2 is 2.00 bits per heavy atom. The van der Waals surface area contributed by atoms with Gasteiger partial charge in [-0.3, -0.25) is 0 Å². The lowest BCUT2D eigenvalue weighted by molar-refractivity contribution is 0.287. The Labute approximate surface area is 40.0 Å². The summed E-state index contributed by atoms with van der Waals surface area (Å²) in [5, 5.41) is 8.07. The average molecular weight is 90.2 g/mol. The molecule has 0 aliphatic rings. The molecule has 40 valence electrons. The van der Waals surface area contributed by atoms with Crippen LogP contribution in [0, 0.1) is 0 Å². The van der Waals surface area contributed by atoms with Gasteiger partial charge in [0.05, 0.1) is 0 Å². The fourth-order valence-electron chi connectivity index (χ4n) is 0.158. The highest BCUT2D eigenvalue weighted by Gasteiger charge is 1.69. The van der Waals surface area contributed by atoms with Crippen molar-refractivity contribution < 1.29 is 5.11 Å². The van der Waals surface area contributed by atoms with E-state index >= 15 is 0 Å². The lowest BCUT2D eigenvalue weighted by Gasteiger charge is -1.79. The summed E-state index contributed by atoms with van der Waals surface area (Å²) in [5.41, 5.74) is 0. The predicted molar refractivity (Wildman–Crippen MR) is 28.7 cm³/mol. The molecular formula is C5H14O. The van der Waals surface area contributed by atoms with Crippen LogP contribution in [0.1, 0.15) is 27.2 Å². The second kappa shape index (κ2) is 8.88. The number of unbranched alkanes of at least 4 members (excludes halogenated alkanes) is 1. The molecule has 0 aromatic heterocycles. The van der Waals surface area contributed by atoms with E-state index in [0.717, 1.165) is 12.8 Å². The van der Waals surface area contributed by atoms with Gasteiger partial charge in [0.25, 0.3) is 0 Å². The molecule has 0 unspecified atom stereocenters. The van der Waals surface area contributed by atoms with Crippen LogP contribution in [0.25, 0.3) is 0 Å². The molecule has 1 nitrogen and oxygen atoms in total. The monoisotopic (exact) mass is 90.1 g/mol. The van der Waals surface area contributed by atoms with Crippen molar-refractivity contribution in [1.82, 2.24) is 0 Å². The lowest BCUT2D eigenvalue weighted by atomic mass is 10.4. The standard InChI is InChI=1S/C4H10O.CH4/c1-2-3-4-5;/h5H,2-4H2,1H3;1H4. The summed E-state index contributed by atoms with van der Waals surface area (Å²) >= 11 is 0. The summed E-state index contributed by atoms with van der Waals surface area (Å²) in [6.45, 7) is 2.40. The van der Waals surface area contributed by atoms with Gasteiger partial charge in [-0.25, -0.2) is 0 Å². The Morgan fingerprint density at radius 1 is 1.50 bits per heavy atom. The first-order valence-electron chi connectivity index (χ1n) is 2.02. The number of hydrogen-bond acceptors (Lipinski definition) is 1. The van der Waals surface area contributed by atoms with E-state index in [-0.39, 0.29) is 7.43 Å². The summed E-state index contributed by atoms with van der Waals surface area (Å²) < 4.78 is 0. The largest absolute Gasteiger partial charge is 0.396 e. The smallest absolute Gasteiger partial charge is 0.0430 e. The molecule has 0 spiro atoms. The third-order valence-electron chi connectivity index (χ3n) is 0.512. The maximum Gasteiger partial charge on any atom is 0.0430 e. The summed E-state index contributed by atoms with van der Waals surface area (Å²) in [6, 6.07) is 0. The minimum absolute atomic E-state index is 0. The Balaban J connectivity index is 0. The van der Waals surface area contributed by atoms with Gasteiger partial charge in [-0.2, -0.15) is 0 Å². The zero-order chi connectivity index (χ0) is 4.12. The van der Waals surface area contributed by atoms with Crippen molar-refractivity contribution in [1.29, 1.82) is 0 Å². The van der Waals surface area contributed by atoms with Crippen LogP contribution in [-0.2, 0) is 0 Å². The van der Waals surface area contributed by atoms with Gasteiger partial charge in [0.1, 0.15) is 0 Å². The zero-order valence-electron chi connectivity index (χ0n) is 3.57. The van der Waals surface area contributed by atoms with Gasteiger partial charge in [-0.1, -0.05) is 20.8 Å². The Bertz CT molecular complexity index is 11.4. The molecule has 0 atom stereocenters. The first kappa shape index (κ1) is 9.35. The second-order valence-corrected chi connectivity index (χ2v) is 1.08. The molecule has 0 saturated heterocycles. The van der Waals surface area contributed by atoms with Gasteiger partial charge in [-0.15, -0.1) is 0 Å². The van der Waals surface area contributed by atoms with Gasteiger partial charge in [0, 0.05) is 6.61 Å². The molecule has 0 heterocycles. The topological polar surface area (TPSA) is 20.2 Å². The van der Waals surface area contributed by atoms with Gasteiger partial charge in [-0.05, 0) is 6.42 Å². The molecular weight excluding hydrogens is 76.1 g/mol. The van der Waals surface area contributed by atoms with Crippen LogP contribution in [-0.4, -0.2) is 11.7 Å². The maximum atomic E-state index is 8.07. The van der Waals surface area contributed by atoms with E-state index in [1.54, 1.807) is 0 Å². The third kappa shape index (κ3) is 9.03. The van der Waals surface area contributed by atoms with E-state index in [1.807, 2.05) is 0 Å². The zero-order valence-corrected chi connectivity index (χ0v) is 3.57. The Kier molecular flexibility index (Phi) is 13.8. The minimum atomic E-state index is 0. The minimum Gasteiger partial charge on any atom is -0.396 e. The Hall–Kier alpha value is -0.0400. The van der Waals surface area contributed by atoms with Crippen LogP contribution in [0.4, 0.5) is 0 Å². The number of aliphatic hydroxyl groups is 1. The van der Waals surface area contributed by atoms with E-state index < -0.39 is 0 Å². The molecule has 0 rings (SSSR count). The number of hydrogen-bond donors (Lipinski definition) is 1. The molecule has 6 heavy (non-hydrogen) atoms. The number of rotatable bonds is 2. The third-order valence-corrected chi connectivity index (χ3v) is 0.512. The van der Waals surface area contributed by atoms with Crippen molar-refractivity contribution in [2.45, 2.75) is 27.2 Å². The van der Waals surface area contributed by atoms with Crippen LogP contribution in [0.2, 0.25) is 0 Å². The Morgan fingerprint density at radius 3 is 2.00 bits per heavy atom. The average Bonchev–Trinajstić information content (AvgIpc) is 1.41. The summed E-state index contributed by atoms with van der Waals surface area (Å²) in [6.07, 6.45) is 2.04. The molecule has 0 aromatic rings. The molecule has 0 aliphatic carbocycles. The highest BCUT2D eigenvalue weighted by atomic mass is 16.2. The van der Waals surface area contributed by atoms with Gasteiger partial charge < -0.3 is 5.11 Å². The number of aliphatic hydroxyl groups excluding tert-OH is 1. The quantitative estimate of drug-likeness (QED) is 0.543. The lowest BCUT2D eigenvalue weighted by Crippen LogP contribution is -1.75. The van der Waals surface area contributed by atoms with E-state index in [9.17, 15) is 0 Å². The highest BCUT2D eigenvalue weighted by Crippen LogP contribution is 1.78. The molecule has 0 amide bonds. The molecule has 0 radical (unpaired) electrons. The molecule has 0 fully saturated rings. The van der Waals surface area contributed by atoms with Crippen molar-refractivity contribution in [2.75, 3.05) is 6.61 Å². The SMILES string of the molecule is C.CCCCO. The van der Waals surface area contributed by atoms with E-state index in [4.69, 9.17) is 5.11 Å². The van der Waals surface area contributed by atoms with E-state index in [1.165, 1.54) is 0 Å². The van der Waals surface area contributed by atoms with E-state index in [0.29, 0.717) is 6.61 Å². The van der Waals surface area contributed by atoms with Crippen molar-refractivity contribution in [3.05, 3.63) is 0 Å². The van der Waals surface area contributed by atoms with Crippen molar-refractivity contribution in [2.24, 2.45) is 0 Å². The van der Waals surface area contributed by atoms with Crippen LogP contribution >= 0.6 is 0 Å². The molecule has 0 bridgehead atoms. The van der Waals surface area contributed by atoms with Crippen LogP contribution < -0.4 is 0 Å². The molecule has 0 aliphatic heterocycles. The molecule has 1 N–H and O–H groups in total. The fourth-order valence-corrected chi connectivity index (χ4v) is 0.158. The van der Waals surface area contributed by atoms with Crippen molar-refractivity contribution in [3.8, 4) is 0 Å². The van der Waals surface area contributed by atoms with Gasteiger partial charge in [0.15, 0.2) is 0 Å². The summed E-state index contributed by atoms with van der Waals surface area (Å²) in [7, 11) is 0. The van der Waals surface area contributed by atoms with E-state index in [2.05, 4.69) is 6.92 Å². The second-order valence-electron chi connectivity index (χ2n) is 1.08. The summed E-state index contributed by atoms with van der Waals surface area (Å²) in [4.78, 5) is 0. The predicted octanol–water partition coefficient (Wildman–Crippen LogP) is 1.41. The first-order valence-corrected chi connectivity index (χ1v) is 2.02. The van der Waals surface area contributed by atoms with Crippen LogP contribution in [0.3, 0.4) is 0 Å². The molecule has 1 heteroatoms. The van der Waals surface area contributed by atoms with Gasteiger partial charge in [0.2, 0.25) is 0 Å². The molecule has 0 saturated carbocycles. The maximum absolute atomic E-state index is 8.07. The first-order chi connectivity index (χ1) is 2.41. The van der Waals surface area contributed by atoms with Crippen LogP contribution in [0.15, 0.2) is 0 Å². The van der Waals surface area contributed by atoms with Crippen LogP contribution in [0.5, 0.6) is 0 Å². The molecule has 0 aromatic carbocycles.